The lowest BCUT2D eigenvalue weighted by Crippen LogP contribution is -2.21. The number of rotatable bonds is 2. The van der Waals surface area contributed by atoms with E-state index in [0.717, 1.165) is 22.3 Å². The monoisotopic (exact) mass is 292 g/mol. The van der Waals surface area contributed by atoms with Crippen molar-refractivity contribution in [1.82, 2.24) is 0 Å². The van der Waals surface area contributed by atoms with E-state index in [9.17, 15) is 8.78 Å². The van der Waals surface area contributed by atoms with E-state index in [2.05, 4.69) is 13.2 Å². The zero-order valence-electron chi connectivity index (χ0n) is 12.3. The number of hydrogen-bond acceptors (Lipinski definition) is 0. The lowest BCUT2D eigenvalue weighted by molar-refractivity contribution is 0.626. The molecule has 1 aromatic carbocycles. The molecule has 1 aliphatic rings. The SMILES string of the molecule is C=C1C=C(F)C=C(C)C1P(C)c1c(C)cc(F)cc1C. The molecule has 2 atom stereocenters. The van der Waals surface area contributed by atoms with Gasteiger partial charge in [-0.25, -0.2) is 8.78 Å². The summed E-state index contributed by atoms with van der Waals surface area (Å²) < 4.78 is 26.9. The number of benzene rings is 1. The van der Waals surface area contributed by atoms with E-state index >= 15 is 0 Å². The first kappa shape index (κ1) is 15.1. The molecule has 0 aliphatic heterocycles. The van der Waals surface area contributed by atoms with Gasteiger partial charge in [-0.2, -0.15) is 0 Å². The smallest absolute Gasteiger partial charge is 0.123 e. The zero-order valence-corrected chi connectivity index (χ0v) is 13.2. The minimum absolute atomic E-state index is 0.132. The Morgan fingerprint density at radius 3 is 2.10 bits per heavy atom. The average Bonchev–Trinajstić information content (AvgIpc) is 2.25. The number of hydrogen-bond donors (Lipinski definition) is 0. The fraction of sp³-hybridized carbons (Fsp3) is 0.294. The molecule has 0 spiro atoms. The second-order valence-corrected chi connectivity index (χ2v) is 7.58. The van der Waals surface area contributed by atoms with E-state index in [-0.39, 0.29) is 17.3 Å². The lowest BCUT2D eigenvalue weighted by atomic mass is 10.0. The van der Waals surface area contributed by atoms with Crippen LogP contribution in [0.5, 0.6) is 0 Å². The van der Waals surface area contributed by atoms with Gasteiger partial charge < -0.3 is 0 Å². The largest absolute Gasteiger partial charge is 0.207 e. The summed E-state index contributed by atoms with van der Waals surface area (Å²) in [6, 6.07) is 3.14. The predicted molar refractivity (Wildman–Crippen MR) is 84.2 cm³/mol. The summed E-state index contributed by atoms with van der Waals surface area (Å²) in [5.74, 6) is -0.437. The standard InChI is InChI=1S/C17H19F2P/c1-10-6-14(18)7-11(2)16(10)20(5)17-12(3)8-15(19)9-13(17)4/h6-9,16H,1H2,2-5H3. The van der Waals surface area contributed by atoms with Gasteiger partial charge in [0.05, 0.1) is 0 Å². The van der Waals surface area contributed by atoms with E-state index in [1.165, 1.54) is 11.4 Å². The highest BCUT2D eigenvalue weighted by molar-refractivity contribution is 7.66. The Balaban J connectivity index is 2.45. The highest BCUT2D eigenvalue weighted by Gasteiger charge is 2.27. The van der Waals surface area contributed by atoms with Crippen LogP contribution in [-0.2, 0) is 0 Å². The molecule has 0 aromatic heterocycles. The Labute approximate surface area is 120 Å². The van der Waals surface area contributed by atoms with Crippen molar-refractivity contribution in [3.05, 3.63) is 64.8 Å². The molecule has 0 heterocycles. The summed E-state index contributed by atoms with van der Waals surface area (Å²) in [7, 11) is -0.591. The summed E-state index contributed by atoms with van der Waals surface area (Å²) in [5.41, 5.74) is 3.86. The molecule has 3 heteroatoms. The van der Waals surface area contributed by atoms with Crippen molar-refractivity contribution in [2.45, 2.75) is 26.4 Å². The highest BCUT2D eigenvalue weighted by atomic mass is 31.1. The van der Waals surface area contributed by atoms with Crippen molar-refractivity contribution < 1.29 is 8.78 Å². The summed E-state index contributed by atoms with van der Waals surface area (Å²) in [5, 5.41) is 1.19. The molecule has 2 rings (SSSR count). The van der Waals surface area contributed by atoms with E-state index in [4.69, 9.17) is 0 Å². The van der Waals surface area contributed by atoms with Gasteiger partial charge in [0.1, 0.15) is 11.6 Å². The maximum Gasteiger partial charge on any atom is 0.123 e. The maximum absolute atomic E-state index is 13.4. The lowest BCUT2D eigenvalue weighted by Gasteiger charge is -2.30. The van der Waals surface area contributed by atoms with Gasteiger partial charge >= 0.3 is 0 Å². The van der Waals surface area contributed by atoms with Gasteiger partial charge in [-0.15, -0.1) is 0 Å². The van der Waals surface area contributed by atoms with E-state index in [1.807, 2.05) is 20.8 Å². The summed E-state index contributed by atoms with van der Waals surface area (Å²) >= 11 is 0. The first-order valence-corrected chi connectivity index (χ1v) is 8.41. The maximum atomic E-state index is 13.4. The van der Waals surface area contributed by atoms with Crippen LogP contribution < -0.4 is 5.30 Å². The van der Waals surface area contributed by atoms with Gasteiger partial charge in [0.25, 0.3) is 0 Å². The van der Waals surface area contributed by atoms with E-state index < -0.39 is 7.92 Å². The molecule has 0 saturated heterocycles. The summed E-state index contributed by atoms with van der Waals surface area (Å²) in [6.45, 7) is 12.0. The van der Waals surface area contributed by atoms with Crippen LogP contribution in [-0.4, -0.2) is 12.3 Å². The van der Waals surface area contributed by atoms with Crippen LogP contribution in [0.2, 0.25) is 0 Å². The van der Waals surface area contributed by atoms with Gasteiger partial charge in [0.2, 0.25) is 0 Å². The molecule has 0 saturated carbocycles. The Hall–Kier alpha value is -1.27. The molecular formula is C17H19F2P. The Kier molecular flexibility index (Phi) is 4.25. The summed E-state index contributed by atoms with van der Waals surface area (Å²) in [4.78, 5) is 0. The molecule has 106 valence electrons. The predicted octanol–water partition coefficient (Wildman–Crippen LogP) is 4.92. The molecular weight excluding hydrogens is 273 g/mol. The first-order chi connectivity index (χ1) is 9.31. The molecule has 2 unspecified atom stereocenters. The number of aryl methyl sites for hydroxylation is 2. The molecule has 0 nitrogen and oxygen atoms in total. The minimum atomic E-state index is -0.591. The van der Waals surface area contributed by atoms with Gasteiger partial charge in [0.15, 0.2) is 0 Å². The summed E-state index contributed by atoms with van der Waals surface area (Å²) in [6.07, 6.45) is 3.08. The van der Waals surface area contributed by atoms with Crippen LogP contribution in [0, 0.1) is 19.7 Å². The van der Waals surface area contributed by atoms with E-state index in [1.54, 1.807) is 18.2 Å². The van der Waals surface area contributed by atoms with Crippen LogP contribution in [0.25, 0.3) is 0 Å². The average molecular weight is 292 g/mol. The third kappa shape index (κ3) is 2.76. The Morgan fingerprint density at radius 1 is 1.05 bits per heavy atom. The fourth-order valence-electron chi connectivity index (χ4n) is 3.03. The highest BCUT2D eigenvalue weighted by Crippen LogP contribution is 2.47. The van der Waals surface area contributed by atoms with Gasteiger partial charge in [-0.3, -0.25) is 0 Å². The number of halogens is 2. The second kappa shape index (κ2) is 5.61. The Morgan fingerprint density at radius 2 is 1.60 bits per heavy atom. The molecule has 0 radical (unpaired) electrons. The molecule has 20 heavy (non-hydrogen) atoms. The van der Waals surface area contributed by atoms with Crippen LogP contribution in [0.1, 0.15) is 18.1 Å². The Bertz CT molecular complexity index is 603. The van der Waals surface area contributed by atoms with Gasteiger partial charge in [0, 0.05) is 5.66 Å². The van der Waals surface area contributed by atoms with Crippen LogP contribution >= 0.6 is 7.92 Å². The fourth-order valence-corrected chi connectivity index (χ4v) is 5.79. The van der Waals surface area contributed by atoms with Crippen LogP contribution in [0.4, 0.5) is 8.78 Å². The molecule has 1 aromatic rings. The normalized spacial score (nSPS) is 20.5. The van der Waals surface area contributed by atoms with Crippen molar-refractivity contribution in [2.24, 2.45) is 0 Å². The first-order valence-electron chi connectivity index (χ1n) is 6.55. The third-order valence-electron chi connectivity index (χ3n) is 3.67. The van der Waals surface area contributed by atoms with Crippen LogP contribution in [0.3, 0.4) is 0 Å². The van der Waals surface area contributed by atoms with Crippen molar-refractivity contribution in [3.8, 4) is 0 Å². The van der Waals surface area contributed by atoms with Crippen molar-refractivity contribution in [2.75, 3.05) is 6.66 Å². The third-order valence-corrected chi connectivity index (χ3v) is 6.59. The van der Waals surface area contributed by atoms with Crippen molar-refractivity contribution in [1.29, 1.82) is 0 Å². The molecule has 0 amide bonds. The van der Waals surface area contributed by atoms with Crippen molar-refractivity contribution >= 4 is 13.2 Å². The second-order valence-electron chi connectivity index (χ2n) is 5.39. The quantitative estimate of drug-likeness (QED) is 0.679. The molecule has 1 aliphatic carbocycles. The van der Waals surface area contributed by atoms with Gasteiger partial charge in [-0.05, 0) is 73.7 Å². The minimum Gasteiger partial charge on any atom is -0.207 e. The zero-order chi connectivity index (χ0) is 15.0. The molecule has 0 bridgehead atoms. The number of allylic oxidation sites excluding steroid dienone is 5. The van der Waals surface area contributed by atoms with E-state index in [0.29, 0.717) is 0 Å². The molecule has 0 fully saturated rings. The van der Waals surface area contributed by atoms with Crippen LogP contribution in [0.15, 0.2) is 47.8 Å². The van der Waals surface area contributed by atoms with Crippen molar-refractivity contribution in [3.63, 3.8) is 0 Å². The molecule has 0 N–H and O–H groups in total. The van der Waals surface area contributed by atoms with Gasteiger partial charge in [-0.1, -0.05) is 20.1 Å². The topological polar surface area (TPSA) is 0 Å².